The molecule has 0 N–H and O–H groups in total. The first kappa shape index (κ1) is 14.8. The van der Waals surface area contributed by atoms with Crippen molar-refractivity contribution >= 4 is 12.0 Å². The van der Waals surface area contributed by atoms with Crippen LogP contribution < -0.4 is 4.90 Å². The summed E-state index contributed by atoms with van der Waals surface area (Å²) in [6.07, 6.45) is -4.07. The molecule has 110 valence electrons. The van der Waals surface area contributed by atoms with Gasteiger partial charge < -0.3 is 9.64 Å². The molecule has 1 fully saturated rings. The number of hydrogen-bond acceptors (Lipinski definition) is 3. The summed E-state index contributed by atoms with van der Waals surface area (Å²) in [6.45, 7) is 4.82. The van der Waals surface area contributed by atoms with E-state index >= 15 is 0 Å². The van der Waals surface area contributed by atoms with Gasteiger partial charge in [-0.25, -0.2) is 0 Å². The van der Waals surface area contributed by atoms with Crippen molar-refractivity contribution in [3.8, 4) is 0 Å². The largest absolute Gasteiger partial charge is 0.418 e. The molecule has 0 bridgehead atoms. The zero-order chi connectivity index (χ0) is 15.0. The van der Waals surface area contributed by atoms with E-state index in [1.165, 1.54) is 12.1 Å². The first-order valence-corrected chi connectivity index (χ1v) is 6.28. The molecule has 1 aliphatic heterocycles. The molecule has 0 spiro atoms. The van der Waals surface area contributed by atoms with Crippen molar-refractivity contribution in [2.24, 2.45) is 0 Å². The first-order valence-electron chi connectivity index (χ1n) is 6.28. The zero-order valence-corrected chi connectivity index (χ0v) is 11.3. The Morgan fingerprint density at radius 2 is 2.05 bits per heavy atom. The van der Waals surface area contributed by atoms with E-state index in [2.05, 4.69) is 0 Å². The van der Waals surface area contributed by atoms with Gasteiger partial charge in [0, 0.05) is 24.3 Å². The molecule has 0 radical (unpaired) electrons. The van der Waals surface area contributed by atoms with E-state index in [0.29, 0.717) is 26.0 Å². The minimum absolute atomic E-state index is 0.0218. The van der Waals surface area contributed by atoms with Crippen molar-refractivity contribution in [3.63, 3.8) is 0 Å². The first-order chi connectivity index (χ1) is 9.23. The van der Waals surface area contributed by atoms with Gasteiger partial charge in [-0.3, -0.25) is 4.79 Å². The Morgan fingerprint density at radius 3 is 2.60 bits per heavy atom. The van der Waals surface area contributed by atoms with Crippen LogP contribution in [0.2, 0.25) is 0 Å². The van der Waals surface area contributed by atoms with Crippen LogP contribution >= 0.6 is 0 Å². The van der Waals surface area contributed by atoms with Crippen LogP contribution in [0.4, 0.5) is 18.9 Å². The number of carbonyl (C=O) groups excluding carboxylic acids is 1. The number of benzene rings is 1. The fourth-order valence-electron chi connectivity index (χ4n) is 2.35. The minimum atomic E-state index is -4.49. The van der Waals surface area contributed by atoms with E-state index in [4.69, 9.17) is 4.74 Å². The van der Waals surface area contributed by atoms with Crippen LogP contribution in [0.25, 0.3) is 0 Å². The lowest BCUT2D eigenvalue weighted by Gasteiger charge is -2.40. The highest BCUT2D eigenvalue weighted by Crippen LogP contribution is 2.38. The van der Waals surface area contributed by atoms with Crippen LogP contribution in [0.5, 0.6) is 0 Å². The molecule has 3 nitrogen and oxygen atoms in total. The summed E-state index contributed by atoms with van der Waals surface area (Å²) in [5.41, 5.74) is -1.15. The topological polar surface area (TPSA) is 29.5 Å². The Labute approximate surface area is 115 Å². The second-order valence-electron chi connectivity index (χ2n) is 5.42. The van der Waals surface area contributed by atoms with E-state index in [1.807, 2.05) is 13.8 Å². The standard InChI is InChI=1S/C14H16F3NO2/c1-13(2)9-18(5-6-20-13)12-4-3-10(8-19)7-11(12)14(15,16)17/h3-4,7-8H,5-6,9H2,1-2H3. The summed E-state index contributed by atoms with van der Waals surface area (Å²) in [4.78, 5) is 12.3. The molecule has 1 aliphatic rings. The predicted molar refractivity (Wildman–Crippen MR) is 69.1 cm³/mol. The number of rotatable bonds is 2. The van der Waals surface area contributed by atoms with Crippen LogP contribution in [0.3, 0.4) is 0 Å². The fraction of sp³-hybridized carbons (Fsp3) is 0.500. The van der Waals surface area contributed by atoms with Crippen LogP contribution in [0.15, 0.2) is 18.2 Å². The Balaban J connectivity index is 2.43. The Bertz CT molecular complexity index is 512. The van der Waals surface area contributed by atoms with Gasteiger partial charge in [0.1, 0.15) is 6.29 Å². The summed E-state index contributed by atoms with van der Waals surface area (Å²) in [7, 11) is 0. The van der Waals surface area contributed by atoms with Crippen LogP contribution in [-0.2, 0) is 10.9 Å². The smallest absolute Gasteiger partial charge is 0.372 e. The highest BCUT2D eigenvalue weighted by molar-refractivity contribution is 5.77. The van der Waals surface area contributed by atoms with Crippen LogP contribution in [0.1, 0.15) is 29.8 Å². The number of ether oxygens (including phenoxy) is 1. The van der Waals surface area contributed by atoms with Crippen molar-refractivity contribution in [2.45, 2.75) is 25.6 Å². The molecule has 1 aromatic carbocycles. The number of alkyl halides is 3. The lowest BCUT2D eigenvalue weighted by molar-refractivity contribution is -0.137. The molecular weight excluding hydrogens is 271 g/mol. The molecule has 0 saturated carbocycles. The number of halogens is 3. The molecule has 20 heavy (non-hydrogen) atoms. The number of nitrogens with zero attached hydrogens (tertiary/aromatic N) is 1. The van der Waals surface area contributed by atoms with E-state index in [9.17, 15) is 18.0 Å². The number of anilines is 1. The van der Waals surface area contributed by atoms with E-state index in [-0.39, 0.29) is 11.3 Å². The summed E-state index contributed by atoms with van der Waals surface area (Å²) in [5, 5.41) is 0. The SMILES string of the molecule is CC1(C)CN(c2ccc(C=O)cc2C(F)(F)F)CCO1. The van der Waals surface area contributed by atoms with Crippen molar-refractivity contribution in [1.29, 1.82) is 0 Å². The summed E-state index contributed by atoms with van der Waals surface area (Å²) in [6, 6.07) is 3.65. The van der Waals surface area contributed by atoms with Crippen molar-refractivity contribution in [3.05, 3.63) is 29.3 Å². The highest BCUT2D eigenvalue weighted by Gasteiger charge is 2.37. The Morgan fingerprint density at radius 1 is 1.35 bits per heavy atom. The van der Waals surface area contributed by atoms with Crippen molar-refractivity contribution in [1.82, 2.24) is 0 Å². The van der Waals surface area contributed by atoms with Crippen molar-refractivity contribution < 1.29 is 22.7 Å². The fourth-order valence-corrected chi connectivity index (χ4v) is 2.35. The van der Waals surface area contributed by atoms with Crippen molar-refractivity contribution in [2.75, 3.05) is 24.6 Å². The van der Waals surface area contributed by atoms with Gasteiger partial charge in [-0.05, 0) is 32.0 Å². The number of morpholine rings is 1. The lowest BCUT2D eigenvalue weighted by atomic mass is 10.0. The third-order valence-corrected chi connectivity index (χ3v) is 3.23. The predicted octanol–water partition coefficient (Wildman–Crippen LogP) is 3.13. The second-order valence-corrected chi connectivity index (χ2v) is 5.42. The quantitative estimate of drug-likeness (QED) is 0.783. The molecule has 0 aliphatic carbocycles. The monoisotopic (exact) mass is 287 g/mol. The molecular formula is C14H16F3NO2. The maximum absolute atomic E-state index is 13.1. The molecule has 6 heteroatoms. The molecule has 2 rings (SSSR count). The molecule has 1 heterocycles. The Kier molecular flexibility index (Phi) is 3.77. The second kappa shape index (κ2) is 5.09. The molecule has 0 atom stereocenters. The van der Waals surface area contributed by atoms with Crippen LogP contribution in [-0.4, -0.2) is 31.6 Å². The molecule has 0 aromatic heterocycles. The zero-order valence-electron chi connectivity index (χ0n) is 11.3. The summed E-state index contributed by atoms with van der Waals surface area (Å²) < 4.78 is 44.9. The third-order valence-electron chi connectivity index (χ3n) is 3.23. The molecule has 1 saturated heterocycles. The van der Waals surface area contributed by atoms with Gasteiger partial charge in [-0.2, -0.15) is 13.2 Å². The maximum Gasteiger partial charge on any atom is 0.418 e. The molecule has 1 aromatic rings. The van der Waals surface area contributed by atoms with Gasteiger partial charge in [-0.1, -0.05) is 0 Å². The number of hydrogen-bond donors (Lipinski definition) is 0. The lowest BCUT2D eigenvalue weighted by Crippen LogP contribution is -2.48. The van der Waals surface area contributed by atoms with E-state index in [1.54, 1.807) is 4.90 Å². The average molecular weight is 287 g/mol. The molecule has 0 amide bonds. The van der Waals surface area contributed by atoms with Crippen LogP contribution in [0, 0.1) is 0 Å². The van der Waals surface area contributed by atoms with E-state index in [0.717, 1.165) is 6.07 Å². The van der Waals surface area contributed by atoms with Gasteiger partial charge in [0.25, 0.3) is 0 Å². The van der Waals surface area contributed by atoms with Gasteiger partial charge in [0.15, 0.2) is 0 Å². The summed E-state index contributed by atoms with van der Waals surface area (Å²) in [5.74, 6) is 0. The highest BCUT2D eigenvalue weighted by atomic mass is 19.4. The van der Waals surface area contributed by atoms with E-state index < -0.39 is 17.3 Å². The average Bonchev–Trinajstić information content (AvgIpc) is 2.35. The normalized spacial score (nSPS) is 18.9. The van der Waals surface area contributed by atoms with Gasteiger partial charge >= 0.3 is 6.18 Å². The third kappa shape index (κ3) is 3.12. The Hall–Kier alpha value is -1.56. The van der Waals surface area contributed by atoms with Gasteiger partial charge in [0.2, 0.25) is 0 Å². The van der Waals surface area contributed by atoms with Gasteiger partial charge in [0.05, 0.1) is 17.8 Å². The summed E-state index contributed by atoms with van der Waals surface area (Å²) >= 11 is 0. The maximum atomic E-state index is 13.1. The minimum Gasteiger partial charge on any atom is -0.372 e. The number of carbonyl (C=O) groups is 1. The molecule has 0 unspecified atom stereocenters. The number of aldehydes is 1. The van der Waals surface area contributed by atoms with Gasteiger partial charge in [-0.15, -0.1) is 0 Å².